The molecule has 0 amide bonds. The first-order valence-electron chi connectivity index (χ1n) is 6.38. The number of para-hydroxylation sites is 1. The third kappa shape index (κ3) is 1.45. The molecular formula is C16H19N. The molecule has 1 N–H and O–H groups in total. The molecular weight excluding hydrogens is 206 g/mol. The van der Waals surface area contributed by atoms with Crippen LogP contribution in [0.1, 0.15) is 32.8 Å². The fraction of sp³-hybridized carbons (Fsp3) is 0.375. The highest BCUT2D eigenvalue weighted by atomic mass is 14.9. The summed E-state index contributed by atoms with van der Waals surface area (Å²) in [5, 5.41) is 3.63. The first-order valence-corrected chi connectivity index (χ1v) is 6.38. The number of rotatable bonds is 0. The minimum Gasteiger partial charge on any atom is -0.358 e. The van der Waals surface area contributed by atoms with Gasteiger partial charge in [-0.2, -0.15) is 0 Å². The van der Waals surface area contributed by atoms with Crippen molar-refractivity contribution in [2.24, 2.45) is 5.92 Å². The largest absolute Gasteiger partial charge is 0.358 e. The fourth-order valence-electron chi connectivity index (χ4n) is 3.03. The van der Waals surface area contributed by atoms with Crippen molar-refractivity contribution in [3.05, 3.63) is 53.3 Å². The monoisotopic (exact) mass is 225 g/mol. The Balaban J connectivity index is 2.21. The predicted octanol–water partition coefficient (Wildman–Crippen LogP) is 4.24. The number of nitrogens with one attached hydrogen (secondary N) is 1. The highest BCUT2D eigenvalue weighted by Crippen LogP contribution is 2.45. The molecule has 0 fully saturated rings. The van der Waals surface area contributed by atoms with Crippen LogP contribution in [0.25, 0.3) is 0 Å². The van der Waals surface area contributed by atoms with Crippen LogP contribution in [-0.4, -0.2) is 0 Å². The number of hydrogen-bond acceptors (Lipinski definition) is 1. The summed E-state index contributed by atoms with van der Waals surface area (Å²) in [5.74, 6) is 0.600. The average molecular weight is 225 g/mol. The molecule has 88 valence electrons. The zero-order chi connectivity index (χ0) is 12.0. The second-order valence-electron chi connectivity index (χ2n) is 5.66. The van der Waals surface area contributed by atoms with Gasteiger partial charge >= 0.3 is 0 Å². The Labute approximate surface area is 103 Å². The minimum atomic E-state index is 0.113. The molecule has 3 rings (SSSR count). The second kappa shape index (κ2) is 3.49. The van der Waals surface area contributed by atoms with Crippen molar-refractivity contribution in [3.63, 3.8) is 0 Å². The van der Waals surface area contributed by atoms with Crippen LogP contribution in [0.15, 0.2) is 47.7 Å². The zero-order valence-electron chi connectivity index (χ0n) is 10.7. The molecule has 1 aliphatic carbocycles. The number of benzene rings is 1. The van der Waals surface area contributed by atoms with Crippen molar-refractivity contribution < 1.29 is 0 Å². The summed E-state index contributed by atoms with van der Waals surface area (Å²) in [7, 11) is 0. The van der Waals surface area contributed by atoms with Gasteiger partial charge in [0.25, 0.3) is 0 Å². The first-order chi connectivity index (χ1) is 8.10. The zero-order valence-corrected chi connectivity index (χ0v) is 10.7. The van der Waals surface area contributed by atoms with Crippen molar-refractivity contribution in [1.82, 2.24) is 0 Å². The van der Waals surface area contributed by atoms with Crippen molar-refractivity contribution in [3.8, 4) is 0 Å². The summed E-state index contributed by atoms with van der Waals surface area (Å²) in [6.45, 7) is 6.95. The van der Waals surface area contributed by atoms with Gasteiger partial charge in [-0.05, 0) is 29.5 Å². The van der Waals surface area contributed by atoms with Crippen LogP contribution in [0.4, 0.5) is 5.69 Å². The average Bonchev–Trinajstić information content (AvgIpc) is 2.31. The molecule has 1 heteroatoms. The maximum atomic E-state index is 3.63. The second-order valence-corrected chi connectivity index (χ2v) is 5.66. The molecule has 1 heterocycles. The van der Waals surface area contributed by atoms with Gasteiger partial charge in [-0.3, -0.25) is 0 Å². The van der Waals surface area contributed by atoms with Gasteiger partial charge in [0.05, 0.1) is 0 Å². The lowest BCUT2D eigenvalue weighted by atomic mass is 9.70. The van der Waals surface area contributed by atoms with Crippen LogP contribution in [0.2, 0.25) is 0 Å². The minimum absolute atomic E-state index is 0.113. The van der Waals surface area contributed by atoms with Gasteiger partial charge in [0.2, 0.25) is 0 Å². The van der Waals surface area contributed by atoms with E-state index in [0.717, 1.165) is 6.42 Å². The van der Waals surface area contributed by atoms with E-state index in [1.54, 1.807) is 0 Å². The van der Waals surface area contributed by atoms with Crippen LogP contribution in [-0.2, 0) is 5.41 Å². The molecule has 0 aromatic heterocycles. The summed E-state index contributed by atoms with van der Waals surface area (Å²) in [5.41, 5.74) is 5.66. The molecule has 1 atom stereocenters. The molecule has 0 spiro atoms. The number of hydrogen-bond donors (Lipinski definition) is 1. The fourth-order valence-corrected chi connectivity index (χ4v) is 3.03. The quantitative estimate of drug-likeness (QED) is 0.696. The molecule has 17 heavy (non-hydrogen) atoms. The lowest BCUT2D eigenvalue weighted by Gasteiger charge is -2.40. The Bertz CT molecular complexity index is 520. The van der Waals surface area contributed by atoms with Gasteiger partial charge in [-0.1, -0.05) is 51.1 Å². The van der Waals surface area contributed by atoms with E-state index in [1.165, 1.54) is 22.5 Å². The van der Waals surface area contributed by atoms with E-state index < -0.39 is 0 Å². The lowest BCUT2D eigenvalue weighted by Crippen LogP contribution is -2.31. The van der Waals surface area contributed by atoms with Gasteiger partial charge in [0.15, 0.2) is 0 Å². The molecule has 1 nitrogen and oxygen atoms in total. The molecule has 0 saturated heterocycles. The molecule has 2 aliphatic rings. The molecule has 0 saturated carbocycles. The third-order valence-corrected chi connectivity index (χ3v) is 4.10. The van der Waals surface area contributed by atoms with Crippen LogP contribution in [0.3, 0.4) is 0 Å². The number of fused-ring (bicyclic) bond motifs is 1. The summed E-state index contributed by atoms with van der Waals surface area (Å²) < 4.78 is 0. The maximum Gasteiger partial charge on any atom is 0.0423 e. The maximum absolute atomic E-state index is 3.63. The van der Waals surface area contributed by atoms with E-state index in [1.807, 2.05) is 0 Å². The molecule has 0 bridgehead atoms. The normalized spacial score (nSPS) is 25.0. The van der Waals surface area contributed by atoms with Gasteiger partial charge in [-0.15, -0.1) is 0 Å². The van der Waals surface area contributed by atoms with E-state index in [9.17, 15) is 0 Å². The molecule has 1 aromatic rings. The third-order valence-electron chi connectivity index (χ3n) is 4.10. The van der Waals surface area contributed by atoms with Gasteiger partial charge in [0.1, 0.15) is 0 Å². The summed E-state index contributed by atoms with van der Waals surface area (Å²) in [6.07, 6.45) is 5.75. The van der Waals surface area contributed by atoms with Gasteiger partial charge in [0, 0.05) is 16.8 Å². The van der Waals surface area contributed by atoms with Crippen LogP contribution in [0.5, 0.6) is 0 Å². The van der Waals surface area contributed by atoms with Crippen molar-refractivity contribution in [1.29, 1.82) is 0 Å². The van der Waals surface area contributed by atoms with E-state index in [-0.39, 0.29) is 5.41 Å². The van der Waals surface area contributed by atoms with Crippen molar-refractivity contribution in [2.45, 2.75) is 32.6 Å². The summed E-state index contributed by atoms with van der Waals surface area (Å²) in [6, 6.07) is 8.66. The van der Waals surface area contributed by atoms with E-state index in [2.05, 4.69) is 62.5 Å². The van der Waals surface area contributed by atoms with Crippen molar-refractivity contribution in [2.75, 3.05) is 5.32 Å². The van der Waals surface area contributed by atoms with E-state index in [0.29, 0.717) is 5.92 Å². The van der Waals surface area contributed by atoms with E-state index in [4.69, 9.17) is 0 Å². The van der Waals surface area contributed by atoms with Crippen LogP contribution >= 0.6 is 0 Å². The van der Waals surface area contributed by atoms with Crippen molar-refractivity contribution >= 4 is 5.69 Å². The van der Waals surface area contributed by atoms with Gasteiger partial charge in [-0.25, -0.2) is 0 Å². The van der Waals surface area contributed by atoms with E-state index >= 15 is 0 Å². The molecule has 0 unspecified atom stereocenters. The van der Waals surface area contributed by atoms with Crippen LogP contribution < -0.4 is 5.32 Å². The van der Waals surface area contributed by atoms with Crippen LogP contribution in [0, 0.1) is 5.92 Å². The Morgan fingerprint density at radius 2 is 2.00 bits per heavy atom. The Morgan fingerprint density at radius 1 is 1.24 bits per heavy atom. The number of allylic oxidation sites excluding steroid dienone is 4. The highest BCUT2D eigenvalue weighted by molar-refractivity contribution is 5.67. The first kappa shape index (κ1) is 10.6. The predicted molar refractivity (Wildman–Crippen MR) is 73.0 cm³/mol. The lowest BCUT2D eigenvalue weighted by molar-refractivity contribution is 0.577. The summed E-state index contributed by atoms with van der Waals surface area (Å²) >= 11 is 0. The molecule has 1 aliphatic heterocycles. The van der Waals surface area contributed by atoms with Gasteiger partial charge < -0.3 is 5.32 Å². The Hall–Kier alpha value is -1.50. The SMILES string of the molecule is C[C@H]1CC=CC2=C1Nc1ccccc1C2(C)C. The standard InChI is InChI=1S/C16H19N/c1-11-7-6-9-13-15(11)17-14-10-5-4-8-12(14)16(13,2)3/h4-6,8-11,17H,7H2,1-3H3/t11-/m0/s1. The topological polar surface area (TPSA) is 12.0 Å². The highest BCUT2D eigenvalue weighted by Gasteiger charge is 2.35. The Kier molecular flexibility index (Phi) is 2.19. The molecule has 0 radical (unpaired) electrons. The number of anilines is 1. The smallest absolute Gasteiger partial charge is 0.0423 e. The molecule has 1 aromatic carbocycles. The Morgan fingerprint density at radius 3 is 2.82 bits per heavy atom. The summed E-state index contributed by atoms with van der Waals surface area (Å²) in [4.78, 5) is 0.